The molecule has 0 radical (unpaired) electrons. The monoisotopic (exact) mass is 182 g/mol. The molecule has 72 valence electrons. The molecule has 0 bridgehead atoms. The molecule has 0 aliphatic rings. The summed E-state index contributed by atoms with van der Waals surface area (Å²) in [6.45, 7) is 4.68. The van der Waals surface area contributed by atoms with Crippen molar-refractivity contribution >= 4 is 6.03 Å². The van der Waals surface area contributed by atoms with Gasteiger partial charge in [-0.1, -0.05) is 13.8 Å². The number of hydrogen-bond acceptors (Lipinski definition) is 2. The molecule has 0 saturated heterocycles. The van der Waals surface area contributed by atoms with Crippen LogP contribution in [-0.2, 0) is 0 Å². The largest absolute Gasteiger partial charge is 0.506 e. The van der Waals surface area contributed by atoms with Gasteiger partial charge in [0.2, 0.25) is 0 Å². The van der Waals surface area contributed by atoms with Crippen LogP contribution < -0.4 is 5.32 Å². The lowest BCUT2D eigenvalue weighted by atomic mass is 10.2. The summed E-state index contributed by atoms with van der Waals surface area (Å²) < 4.78 is 1.32. The van der Waals surface area contributed by atoms with Gasteiger partial charge in [-0.15, -0.1) is 0 Å². The van der Waals surface area contributed by atoms with E-state index >= 15 is 0 Å². The third kappa shape index (κ3) is 2.82. The highest BCUT2D eigenvalue weighted by Gasteiger charge is 2.04. The van der Waals surface area contributed by atoms with E-state index in [-0.39, 0.29) is 11.8 Å². The first kappa shape index (κ1) is 9.64. The third-order valence-electron chi connectivity index (χ3n) is 1.57. The summed E-state index contributed by atoms with van der Waals surface area (Å²) in [6, 6.07) is 1.25. The summed E-state index contributed by atoms with van der Waals surface area (Å²) in [5.74, 6) is 0.521. The number of aromatic nitrogens is 1. The lowest BCUT2D eigenvalue weighted by Gasteiger charge is -2.07. The van der Waals surface area contributed by atoms with Crippen LogP contribution in [0.4, 0.5) is 4.79 Å². The molecule has 13 heavy (non-hydrogen) atoms. The van der Waals surface area contributed by atoms with Gasteiger partial charge in [0.15, 0.2) is 0 Å². The Hall–Kier alpha value is -1.45. The molecule has 1 aromatic rings. The fourth-order valence-corrected chi connectivity index (χ4v) is 0.894. The van der Waals surface area contributed by atoms with Gasteiger partial charge in [0.1, 0.15) is 5.75 Å². The fourth-order valence-electron chi connectivity index (χ4n) is 0.894. The Balaban J connectivity index is 2.49. The van der Waals surface area contributed by atoms with Crippen molar-refractivity contribution in [3.63, 3.8) is 0 Å². The summed E-state index contributed by atoms with van der Waals surface area (Å²) in [6.07, 6.45) is 2.89. The third-order valence-corrected chi connectivity index (χ3v) is 1.57. The molecule has 2 N–H and O–H groups in total. The van der Waals surface area contributed by atoms with E-state index in [4.69, 9.17) is 5.11 Å². The maximum absolute atomic E-state index is 11.3. The van der Waals surface area contributed by atoms with Gasteiger partial charge in [0, 0.05) is 12.7 Å². The number of rotatable bonds is 2. The molecule has 0 saturated carbocycles. The summed E-state index contributed by atoms with van der Waals surface area (Å²) in [7, 11) is 0. The Morgan fingerprint density at radius 2 is 2.38 bits per heavy atom. The minimum atomic E-state index is -0.214. The molecule has 1 heterocycles. The molecule has 1 rings (SSSR count). The van der Waals surface area contributed by atoms with Crippen molar-refractivity contribution in [2.75, 3.05) is 6.54 Å². The Morgan fingerprint density at radius 3 is 2.85 bits per heavy atom. The first-order chi connectivity index (χ1) is 6.09. The maximum atomic E-state index is 11.3. The summed E-state index contributed by atoms with van der Waals surface area (Å²) in [5, 5.41) is 11.7. The quantitative estimate of drug-likeness (QED) is 0.726. The average Bonchev–Trinajstić information content (AvgIpc) is 2.47. The number of carbonyl (C=O) groups excluding carboxylic acids is 1. The van der Waals surface area contributed by atoms with Crippen LogP contribution >= 0.6 is 0 Å². The van der Waals surface area contributed by atoms with Crippen LogP contribution in [0.5, 0.6) is 5.75 Å². The van der Waals surface area contributed by atoms with Crippen molar-refractivity contribution in [3.05, 3.63) is 18.5 Å². The highest BCUT2D eigenvalue weighted by molar-refractivity contribution is 5.77. The number of carbonyl (C=O) groups is 1. The summed E-state index contributed by atoms with van der Waals surface area (Å²) >= 11 is 0. The van der Waals surface area contributed by atoms with E-state index < -0.39 is 0 Å². The molecule has 0 spiro atoms. The van der Waals surface area contributed by atoms with Gasteiger partial charge in [0.25, 0.3) is 0 Å². The van der Waals surface area contributed by atoms with E-state index in [0.29, 0.717) is 12.5 Å². The molecule has 0 atom stereocenters. The molecule has 0 unspecified atom stereocenters. The molecule has 4 nitrogen and oxygen atoms in total. The van der Waals surface area contributed by atoms with Crippen molar-refractivity contribution in [1.82, 2.24) is 9.88 Å². The van der Waals surface area contributed by atoms with Gasteiger partial charge in [-0.05, 0) is 12.0 Å². The van der Waals surface area contributed by atoms with Crippen LogP contribution in [0.1, 0.15) is 13.8 Å². The van der Waals surface area contributed by atoms with Crippen molar-refractivity contribution in [2.45, 2.75) is 13.8 Å². The van der Waals surface area contributed by atoms with Gasteiger partial charge >= 0.3 is 6.03 Å². The molecular weight excluding hydrogens is 168 g/mol. The van der Waals surface area contributed by atoms with E-state index in [9.17, 15) is 4.79 Å². The second-order valence-electron chi connectivity index (χ2n) is 3.36. The van der Waals surface area contributed by atoms with E-state index in [0.717, 1.165) is 0 Å². The number of nitrogens with zero attached hydrogens (tertiary/aromatic N) is 1. The topological polar surface area (TPSA) is 54.3 Å². The molecule has 0 aliphatic carbocycles. The van der Waals surface area contributed by atoms with Crippen LogP contribution in [0, 0.1) is 5.92 Å². The first-order valence-corrected chi connectivity index (χ1v) is 4.24. The maximum Gasteiger partial charge on any atom is 0.325 e. The zero-order valence-electron chi connectivity index (χ0n) is 7.82. The van der Waals surface area contributed by atoms with E-state index in [1.807, 2.05) is 13.8 Å². The Kier molecular flexibility index (Phi) is 2.95. The van der Waals surface area contributed by atoms with Gasteiger partial charge in [0.05, 0.1) is 6.20 Å². The van der Waals surface area contributed by atoms with Gasteiger partial charge in [-0.3, -0.25) is 4.57 Å². The van der Waals surface area contributed by atoms with Gasteiger partial charge in [-0.2, -0.15) is 0 Å². The minimum absolute atomic E-state index is 0.0969. The van der Waals surface area contributed by atoms with Crippen LogP contribution in [0.3, 0.4) is 0 Å². The molecule has 0 aliphatic heterocycles. The lowest BCUT2D eigenvalue weighted by molar-refractivity contribution is 0.241. The van der Waals surface area contributed by atoms with Crippen molar-refractivity contribution in [1.29, 1.82) is 0 Å². The van der Waals surface area contributed by atoms with Crippen LogP contribution in [0.15, 0.2) is 18.5 Å². The highest BCUT2D eigenvalue weighted by Crippen LogP contribution is 2.06. The smallest absolute Gasteiger partial charge is 0.325 e. The molecule has 0 fully saturated rings. The van der Waals surface area contributed by atoms with Gasteiger partial charge in [-0.25, -0.2) is 4.79 Å². The van der Waals surface area contributed by atoms with Crippen LogP contribution in [0.25, 0.3) is 0 Å². The van der Waals surface area contributed by atoms with Crippen LogP contribution in [0.2, 0.25) is 0 Å². The molecular formula is C9H14N2O2. The zero-order chi connectivity index (χ0) is 9.84. The predicted octanol–water partition coefficient (Wildman–Crippen LogP) is 1.41. The lowest BCUT2D eigenvalue weighted by Crippen LogP contribution is -2.30. The number of nitrogens with one attached hydrogen (secondary N) is 1. The molecule has 4 heteroatoms. The van der Waals surface area contributed by atoms with Gasteiger partial charge < -0.3 is 10.4 Å². The minimum Gasteiger partial charge on any atom is -0.506 e. The normalized spacial score (nSPS) is 10.4. The van der Waals surface area contributed by atoms with Crippen LogP contribution in [-0.4, -0.2) is 22.2 Å². The first-order valence-electron chi connectivity index (χ1n) is 4.24. The Bertz CT molecular complexity index is 292. The second-order valence-corrected chi connectivity index (χ2v) is 3.36. The zero-order valence-corrected chi connectivity index (χ0v) is 7.82. The molecule has 1 aromatic heterocycles. The number of hydrogen-bond donors (Lipinski definition) is 2. The number of amides is 1. The van der Waals surface area contributed by atoms with Crippen molar-refractivity contribution in [2.24, 2.45) is 5.92 Å². The molecule has 1 amide bonds. The SMILES string of the molecule is CC(C)CNC(=O)n1ccc(O)c1. The van der Waals surface area contributed by atoms with E-state index in [2.05, 4.69) is 5.32 Å². The van der Waals surface area contributed by atoms with E-state index in [1.165, 1.54) is 23.0 Å². The standard InChI is InChI=1S/C9H14N2O2/c1-7(2)5-10-9(13)11-4-3-8(12)6-11/h3-4,6-7,12H,5H2,1-2H3,(H,10,13). The highest BCUT2D eigenvalue weighted by atomic mass is 16.3. The fraction of sp³-hybridized carbons (Fsp3) is 0.444. The average molecular weight is 182 g/mol. The van der Waals surface area contributed by atoms with Crippen molar-refractivity contribution < 1.29 is 9.90 Å². The summed E-state index contributed by atoms with van der Waals surface area (Å²) in [5.41, 5.74) is 0. The molecule has 0 aromatic carbocycles. The predicted molar refractivity (Wildman–Crippen MR) is 49.7 cm³/mol. The Morgan fingerprint density at radius 1 is 1.69 bits per heavy atom. The van der Waals surface area contributed by atoms with E-state index in [1.54, 1.807) is 0 Å². The van der Waals surface area contributed by atoms with Crippen molar-refractivity contribution in [3.8, 4) is 5.75 Å². The summed E-state index contributed by atoms with van der Waals surface area (Å²) in [4.78, 5) is 11.3. The second kappa shape index (κ2) is 3.98. The Labute approximate surface area is 77.2 Å². The number of aromatic hydroxyl groups is 1.